The van der Waals surface area contributed by atoms with E-state index in [1.54, 1.807) is 6.07 Å². The van der Waals surface area contributed by atoms with Gasteiger partial charge in [0.2, 0.25) is 15.9 Å². The van der Waals surface area contributed by atoms with Crippen molar-refractivity contribution in [2.45, 2.75) is 11.4 Å². The first kappa shape index (κ1) is 21.7. The highest BCUT2D eigenvalue weighted by Crippen LogP contribution is 2.12. The predicted molar refractivity (Wildman–Crippen MR) is 104 cm³/mol. The standard InChI is InChI=1S/C16H20N8O4S/c17-14(25)9-21-16(26)11-4-5-12(20-7-11)8-22-29(27,28)13-3-1-2-10(6-13)15(23-18)24-19/h1-7,22H,8-9,18-19H2,(H2,17,25)(H,21,26)(H,23,24). The van der Waals surface area contributed by atoms with Gasteiger partial charge in [0.1, 0.15) is 0 Å². The Kier molecular flexibility index (Phi) is 7.19. The summed E-state index contributed by atoms with van der Waals surface area (Å²) in [4.78, 5) is 26.5. The molecule has 2 amide bonds. The molecular weight excluding hydrogens is 400 g/mol. The highest BCUT2D eigenvalue weighted by molar-refractivity contribution is 7.89. The van der Waals surface area contributed by atoms with Gasteiger partial charge in [0.15, 0.2) is 5.84 Å². The normalized spacial score (nSPS) is 11.7. The van der Waals surface area contributed by atoms with E-state index in [0.29, 0.717) is 11.3 Å². The summed E-state index contributed by atoms with van der Waals surface area (Å²) in [7, 11) is -3.86. The summed E-state index contributed by atoms with van der Waals surface area (Å²) in [6.45, 7) is -0.404. The molecule has 2 rings (SSSR count). The molecule has 0 saturated heterocycles. The van der Waals surface area contributed by atoms with E-state index < -0.39 is 21.8 Å². The Bertz CT molecular complexity index is 1020. The number of carbonyl (C=O) groups is 2. The number of hydrogen-bond donors (Lipinski definition) is 6. The lowest BCUT2D eigenvalue weighted by atomic mass is 10.2. The van der Waals surface area contributed by atoms with E-state index in [0.717, 1.165) is 0 Å². The van der Waals surface area contributed by atoms with Gasteiger partial charge in [-0.25, -0.2) is 19.0 Å². The molecule has 154 valence electrons. The van der Waals surface area contributed by atoms with Crippen molar-refractivity contribution in [2.75, 3.05) is 6.54 Å². The smallest absolute Gasteiger partial charge is 0.253 e. The third kappa shape index (κ3) is 5.97. The number of benzene rings is 1. The lowest BCUT2D eigenvalue weighted by Crippen LogP contribution is -2.33. The molecule has 2 aromatic rings. The average Bonchev–Trinajstić information content (AvgIpc) is 2.72. The summed E-state index contributed by atoms with van der Waals surface area (Å²) in [5.41, 5.74) is 8.20. The summed E-state index contributed by atoms with van der Waals surface area (Å²) in [5, 5.41) is 5.76. The van der Waals surface area contributed by atoms with Gasteiger partial charge in [-0.1, -0.05) is 12.1 Å². The van der Waals surface area contributed by atoms with Crippen LogP contribution in [-0.2, 0) is 21.4 Å². The fourth-order valence-corrected chi connectivity index (χ4v) is 3.24. The van der Waals surface area contributed by atoms with Gasteiger partial charge in [-0.2, -0.15) is 5.10 Å². The number of nitrogens with zero attached hydrogens (tertiary/aromatic N) is 2. The van der Waals surface area contributed by atoms with Gasteiger partial charge in [0.05, 0.1) is 29.2 Å². The Labute approximate surface area is 166 Å². The number of nitrogens with two attached hydrogens (primary N) is 3. The van der Waals surface area contributed by atoms with Crippen LogP contribution < -0.4 is 32.9 Å². The number of nitrogens with one attached hydrogen (secondary N) is 3. The van der Waals surface area contributed by atoms with E-state index >= 15 is 0 Å². The molecule has 0 aliphatic rings. The molecule has 29 heavy (non-hydrogen) atoms. The molecule has 0 radical (unpaired) electrons. The van der Waals surface area contributed by atoms with Crippen LogP contribution in [0.4, 0.5) is 0 Å². The minimum Gasteiger partial charge on any atom is -0.368 e. The van der Waals surface area contributed by atoms with E-state index in [2.05, 4.69) is 25.6 Å². The van der Waals surface area contributed by atoms with Crippen LogP contribution in [0.15, 0.2) is 52.6 Å². The average molecular weight is 420 g/mol. The van der Waals surface area contributed by atoms with Crippen LogP contribution in [0, 0.1) is 0 Å². The summed E-state index contributed by atoms with van der Waals surface area (Å²) in [5.74, 6) is 9.41. The largest absolute Gasteiger partial charge is 0.368 e. The van der Waals surface area contributed by atoms with Crippen molar-refractivity contribution in [3.63, 3.8) is 0 Å². The quantitative estimate of drug-likeness (QED) is 0.120. The molecular formula is C16H20N8O4S. The lowest BCUT2D eigenvalue weighted by molar-refractivity contribution is -0.117. The Morgan fingerprint density at radius 3 is 2.48 bits per heavy atom. The number of amides is 2. The molecule has 0 fully saturated rings. The zero-order chi connectivity index (χ0) is 21.4. The van der Waals surface area contributed by atoms with Crippen molar-refractivity contribution in [3.8, 4) is 0 Å². The van der Waals surface area contributed by atoms with Crippen LogP contribution in [0.5, 0.6) is 0 Å². The monoisotopic (exact) mass is 420 g/mol. The van der Waals surface area contributed by atoms with E-state index in [1.807, 2.05) is 0 Å². The Balaban J connectivity index is 2.06. The molecule has 12 nitrogen and oxygen atoms in total. The second kappa shape index (κ2) is 9.59. The number of carbonyl (C=O) groups excluding carboxylic acids is 2. The van der Waals surface area contributed by atoms with Crippen molar-refractivity contribution in [3.05, 3.63) is 59.4 Å². The molecule has 0 aliphatic carbocycles. The molecule has 1 aromatic heterocycles. The number of rotatable bonds is 8. The second-order valence-electron chi connectivity index (χ2n) is 5.66. The van der Waals surface area contributed by atoms with E-state index in [1.165, 1.54) is 36.5 Å². The van der Waals surface area contributed by atoms with Crippen LogP contribution in [0.3, 0.4) is 0 Å². The second-order valence-corrected chi connectivity index (χ2v) is 7.43. The third-order valence-corrected chi connectivity index (χ3v) is 5.04. The molecule has 0 unspecified atom stereocenters. The summed E-state index contributed by atoms with van der Waals surface area (Å²) in [6, 6.07) is 8.79. The van der Waals surface area contributed by atoms with Crippen LogP contribution in [0.25, 0.3) is 0 Å². The zero-order valence-corrected chi connectivity index (χ0v) is 15.9. The van der Waals surface area contributed by atoms with E-state index in [-0.39, 0.29) is 29.4 Å². The zero-order valence-electron chi connectivity index (χ0n) is 15.1. The summed E-state index contributed by atoms with van der Waals surface area (Å²) < 4.78 is 27.4. The van der Waals surface area contributed by atoms with Crippen molar-refractivity contribution < 1.29 is 18.0 Å². The number of hydrogen-bond acceptors (Lipinski definition) is 8. The van der Waals surface area contributed by atoms with Crippen molar-refractivity contribution in [1.82, 2.24) is 20.4 Å². The maximum absolute atomic E-state index is 12.5. The first-order chi connectivity index (χ1) is 13.8. The van der Waals surface area contributed by atoms with Gasteiger partial charge in [0.25, 0.3) is 5.91 Å². The molecule has 0 aliphatic heterocycles. The molecule has 1 heterocycles. The van der Waals surface area contributed by atoms with Gasteiger partial charge in [0, 0.05) is 11.8 Å². The van der Waals surface area contributed by atoms with Crippen molar-refractivity contribution in [2.24, 2.45) is 22.5 Å². The molecule has 9 N–H and O–H groups in total. The minimum absolute atomic E-state index is 0.0196. The van der Waals surface area contributed by atoms with Gasteiger partial charge in [-0.05, 0) is 24.3 Å². The van der Waals surface area contributed by atoms with E-state index in [9.17, 15) is 18.0 Å². The first-order valence-electron chi connectivity index (χ1n) is 8.13. The minimum atomic E-state index is -3.86. The number of hydrazine groups is 1. The molecule has 0 spiro atoms. The topological polar surface area (TPSA) is 208 Å². The van der Waals surface area contributed by atoms with Crippen molar-refractivity contribution in [1.29, 1.82) is 0 Å². The number of primary amides is 1. The number of pyridine rings is 1. The van der Waals surface area contributed by atoms with Gasteiger partial charge in [-0.15, -0.1) is 0 Å². The number of aromatic nitrogens is 1. The predicted octanol–water partition coefficient (Wildman–Crippen LogP) is -2.14. The van der Waals surface area contributed by atoms with E-state index in [4.69, 9.17) is 17.4 Å². The van der Waals surface area contributed by atoms with Gasteiger partial charge < -0.3 is 22.3 Å². The SMILES string of the molecule is NN=C(NN)c1cccc(S(=O)(=O)NCc2ccc(C(=O)NCC(N)=O)cn2)c1. The number of amidine groups is 1. The fourth-order valence-electron chi connectivity index (χ4n) is 2.19. The number of hydrazone groups is 1. The molecule has 13 heteroatoms. The Hall–Kier alpha value is -3.55. The van der Waals surface area contributed by atoms with Crippen LogP contribution >= 0.6 is 0 Å². The summed E-state index contributed by atoms with van der Waals surface area (Å²) >= 11 is 0. The highest BCUT2D eigenvalue weighted by atomic mass is 32.2. The lowest BCUT2D eigenvalue weighted by Gasteiger charge is -2.09. The fraction of sp³-hybridized carbons (Fsp3) is 0.125. The maximum Gasteiger partial charge on any atom is 0.253 e. The maximum atomic E-state index is 12.5. The highest BCUT2D eigenvalue weighted by Gasteiger charge is 2.16. The van der Waals surface area contributed by atoms with Gasteiger partial charge in [-0.3, -0.25) is 14.6 Å². The molecule has 0 saturated carbocycles. The summed E-state index contributed by atoms with van der Waals surface area (Å²) in [6.07, 6.45) is 1.26. The Morgan fingerprint density at radius 1 is 1.14 bits per heavy atom. The molecule has 0 bridgehead atoms. The first-order valence-corrected chi connectivity index (χ1v) is 9.61. The molecule has 1 aromatic carbocycles. The van der Waals surface area contributed by atoms with Crippen molar-refractivity contribution >= 4 is 27.7 Å². The van der Waals surface area contributed by atoms with Gasteiger partial charge >= 0.3 is 0 Å². The van der Waals surface area contributed by atoms with Crippen LogP contribution in [0.1, 0.15) is 21.6 Å². The number of sulfonamides is 1. The van der Waals surface area contributed by atoms with Crippen LogP contribution in [-0.4, -0.2) is 37.6 Å². The van der Waals surface area contributed by atoms with Crippen LogP contribution in [0.2, 0.25) is 0 Å². The Morgan fingerprint density at radius 2 is 1.90 bits per heavy atom. The molecule has 0 atom stereocenters. The third-order valence-electron chi connectivity index (χ3n) is 3.64.